The quantitative estimate of drug-likeness (QED) is 0.551. The van der Waals surface area contributed by atoms with Gasteiger partial charge < -0.3 is 11.3 Å². The molecule has 0 radical (unpaired) electrons. The molecule has 3 nitrogen and oxygen atoms in total. The van der Waals surface area contributed by atoms with Gasteiger partial charge in [-0.3, -0.25) is 4.79 Å². The van der Waals surface area contributed by atoms with E-state index in [4.69, 9.17) is 9.84 Å². The van der Waals surface area contributed by atoms with E-state index in [2.05, 4.69) is 13.8 Å². The Labute approximate surface area is 123 Å². The minimum Gasteiger partial charge on any atom is -1.00 e. The van der Waals surface area contributed by atoms with Gasteiger partial charge in [0.15, 0.2) is 0 Å². The normalized spacial score (nSPS) is 13.9. The van der Waals surface area contributed by atoms with E-state index in [-0.39, 0.29) is 31.0 Å². The first-order valence-electron chi connectivity index (χ1n) is 5.92. The van der Waals surface area contributed by atoms with E-state index in [1.165, 1.54) is 12.8 Å². The predicted molar refractivity (Wildman–Crippen MR) is 62.1 cm³/mol. The fourth-order valence-electron chi connectivity index (χ4n) is 1.34. The number of hydrogen-bond acceptors (Lipinski definition) is 2. The second kappa shape index (κ2) is 13.5. The maximum atomic E-state index is 10.0. The SMILES string of the molecule is C1CCOC1.CC(C)CCCCC(=O)O.[H-].[Na+]. The summed E-state index contributed by atoms with van der Waals surface area (Å²) in [5, 5.41) is 8.28. The van der Waals surface area contributed by atoms with Gasteiger partial charge in [-0.1, -0.05) is 26.7 Å². The molecule has 0 aromatic carbocycles. The Kier molecular flexibility index (Phi) is 15.8. The summed E-state index contributed by atoms with van der Waals surface area (Å²) < 4.78 is 4.94. The van der Waals surface area contributed by atoms with Crippen molar-refractivity contribution in [3.63, 3.8) is 0 Å². The Hall–Kier alpha value is 0.430. The van der Waals surface area contributed by atoms with Crippen LogP contribution in [0.1, 0.15) is 53.8 Å². The number of carbonyl (C=O) groups is 1. The molecule has 0 aromatic heterocycles. The third-order valence-corrected chi connectivity index (χ3v) is 2.25. The third kappa shape index (κ3) is 16.8. The molecule has 1 saturated heterocycles. The summed E-state index contributed by atoms with van der Waals surface area (Å²) in [6.07, 6.45) is 5.90. The molecule has 0 saturated carbocycles. The van der Waals surface area contributed by atoms with Crippen molar-refractivity contribution in [2.45, 2.75) is 52.4 Å². The Balaban J connectivity index is -0.000000238. The number of ether oxygens (including phenoxy) is 1. The van der Waals surface area contributed by atoms with E-state index in [1.54, 1.807) is 0 Å². The van der Waals surface area contributed by atoms with Crippen LogP contribution in [-0.2, 0) is 9.53 Å². The monoisotopic (exact) mass is 240 g/mol. The van der Waals surface area contributed by atoms with Crippen LogP contribution in [-0.4, -0.2) is 24.3 Å². The van der Waals surface area contributed by atoms with Crippen molar-refractivity contribution >= 4 is 5.97 Å². The zero-order valence-corrected chi connectivity index (χ0v) is 13.0. The number of rotatable bonds is 5. The number of hydrogen-bond donors (Lipinski definition) is 1. The molecule has 0 amide bonds. The minimum atomic E-state index is -0.677. The number of carboxylic acids is 1. The first kappa shape index (κ1) is 18.8. The summed E-state index contributed by atoms with van der Waals surface area (Å²) in [5.41, 5.74) is 0. The largest absolute Gasteiger partial charge is 1.00 e. The Bertz CT molecular complexity index is 154. The summed E-state index contributed by atoms with van der Waals surface area (Å²) in [5.74, 6) is 0.0255. The van der Waals surface area contributed by atoms with E-state index in [1.807, 2.05) is 0 Å². The number of unbranched alkanes of at least 4 members (excludes halogenated alkanes) is 1. The maximum absolute atomic E-state index is 10.0. The van der Waals surface area contributed by atoms with Crippen molar-refractivity contribution < 1.29 is 45.6 Å². The third-order valence-electron chi connectivity index (χ3n) is 2.25. The second-order valence-electron chi connectivity index (χ2n) is 4.35. The van der Waals surface area contributed by atoms with Crippen molar-refractivity contribution in [3.05, 3.63) is 0 Å². The van der Waals surface area contributed by atoms with Crippen LogP contribution in [0.3, 0.4) is 0 Å². The van der Waals surface area contributed by atoms with Crippen LogP contribution in [0.5, 0.6) is 0 Å². The molecule has 1 N–H and O–H groups in total. The molecule has 4 heteroatoms. The first-order valence-corrected chi connectivity index (χ1v) is 5.92. The van der Waals surface area contributed by atoms with E-state index in [9.17, 15) is 4.79 Å². The smallest absolute Gasteiger partial charge is 1.00 e. The van der Waals surface area contributed by atoms with Gasteiger partial charge in [0, 0.05) is 19.6 Å². The van der Waals surface area contributed by atoms with Crippen LogP contribution >= 0.6 is 0 Å². The van der Waals surface area contributed by atoms with Gasteiger partial charge in [0.1, 0.15) is 0 Å². The van der Waals surface area contributed by atoms with Crippen molar-refractivity contribution in [3.8, 4) is 0 Å². The van der Waals surface area contributed by atoms with Crippen molar-refractivity contribution in [2.75, 3.05) is 13.2 Å². The van der Waals surface area contributed by atoms with E-state index in [0.717, 1.165) is 32.5 Å². The summed E-state index contributed by atoms with van der Waals surface area (Å²) in [6, 6.07) is 0. The first-order chi connectivity index (χ1) is 7.13. The standard InChI is InChI=1S/C8H16O2.C4H8O.Na.H/c1-7(2)5-3-4-6-8(9)10;1-2-4-5-3-1;;/h7H,3-6H2,1-2H3,(H,9,10);1-4H2;;/q;;+1;-1. The molecule has 1 rings (SSSR count). The van der Waals surface area contributed by atoms with E-state index >= 15 is 0 Å². The van der Waals surface area contributed by atoms with Gasteiger partial charge >= 0.3 is 35.5 Å². The molecule has 92 valence electrons. The van der Waals surface area contributed by atoms with Gasteiger partial charge in [-0.2, -0.15) is 0 Å². The predicted octanol–water partition coefficient (Wildman–Crippen LogP) is 0.201. The molecular weight excluding hydrogens is 215 g/mol. The second-order valence-corrected chi connectivity index (χ2v) is 4.35. The van der Waals surface area contributed by atoms with Crippen molar-refractivity contribution in [1.82, 2.24) is 0 Å². The summed E-state index contributed by atoms with van der Waals surface area (Å²) >= 11 is 0. The Morgan fingerprint density at radius 1 is 1.31 bits per heavy atom. The Morgan fingerprint density at radius 2 is 1.88 bits per heavy atom. The van der Waals surface area contributed by atoms with Gasteiger partial charge in [-0.25, -0.2) is 0 Å². The average Bonchev–Trinajstić information content (AvgIpc) is 2.69. The summed E-state index contributed by atoms with van der Waals surface area (Å²) in [6.45, 7) is 6.31. The van der Waals surface area contributed by atoms with Gasteiger partial charge in [0.25, 0.3) is 0 Å². The number of aliphatic carboxylic acids is 1. The molecule has 1 aliphatic rings. The van der Waals surface area contributed by atoms with Gasteiger partial charge in [-0.05, 0) is 25.2 Å². The summed E-state index contributed by atoms with van der Waals surface area (Å²) in [7, 11) is 0. The molecule has 1 fully saturated rings. The molecule has 0 unspecified atom stereocenters. The molecule has 0 atom stereocenters. The van der Waals surface area contributed by atoms with E-state index in [0.29, 0.717) is 12.3 Å². The van der Waals surface area contributed by atoms with Gasteiger partial charge in [-0.15, -0.1) is 0 Å². The van der Waals surface area contributed by atoms with Crippen molar-refractivity contribution in [2.24, 2.45) is 5.92 Å². The number of carboxylic acid groups (broad SMARTS) is 1. The van der Waals surface area contributed by atoms with Crippen LogP contribution in [0.4, 0.5) is 0 Å². The Morgan fingerprint density at radius 3 is 2.19 bits per heavy atom. The molecule has 1 aliphatic heterocycles. The van der Waals surface area contributed by atoms with Crippen LogP contribution in [0.2, 0.25) is 0 Å². The molecule has 16 heavy (non-hydrogen) atoms. The van der Waals surface area contributed by atoms with E-state index < -0.39 is 5.97 Å². The minimum absolute atomic E-state index is 0. The maximum Gasteiger partial charge on any atom is 1.00 e. The fraction of sp³-hybridized carbons (Fsp3) is 0.917. The van der Waals surface area contributed by atoms with Crippen molar-refractivity contribution in [1.29, 1.82) is 0 Å². The zero-order valence-electron chi connectivity index (χ0n) is 12.0. The van der Waals surface area contributed by atoms with Crippen LogP contribution in [0.15, 0.2) is 0 Å². The fourth-order valence-corrected chi connectivity index (χ4v) is 1.34. The molecule has 1 heterocycles. The topological polar surface area (TPSA) is 46.5 Å². The van der Waals surface area contributed by atoms with Gasteiger partial charge in [0.2, 0.25) is 0 Å². The van der Waals surface area contributed by atoms with Crippen LogP contribution in [0, 0.1) is 5.92 Å². The zero-order chi connectivity index (χ0) is 11.5. The molecular formula is C12H25NaO3. The van der Waals surface area contributed by atoms with Crippen LogP contribution < -0.4 is 29.6 Å². The summed E-state index contributed by atoms with van der Waals surface area (Å²) in [4.78, 5) is 10.0. The molecule has 0 aromatic rings. The molecule has 0 bridgehead atoms. The van der Waals surface area contributed by atoms with Crippen LogP contribution in [0.25, 0.3) is 0 Å². The molecule has 0 aliphatic carbocycles. The van der Waals surface area contributed by atoms with Gasteiger partial charge in [0.05, 0.1) is 0 Å². The molecule has 0 spiro atoms. The average molecular weight is 240 g/mol.